The molecule has 17 heavy (non-hydrogen) atoms. The van der Waals surface area contributed by atoms with Gasteiger partial charge in [-0.15, -0.1) is 11.3 Å². The minimum absolute atomic E-state index is 0.665. The van der Waals surface area contributed by atoms with E-state index in [0.29, 0.717) is 6.54 Å². The number of aryl methyl sites for hydroxylation is 1. The number of hydrogen-bond donors (Lipinski definition) is 1. The van der Waals surface area contributed by atoms with Crippen molar-refractivity contribution >= 4 is 22.0 Å². The van der Waals surface area contributed by atoms with E-state index < -0.39 is 0 Å². The van der Waals surface area contributed by atoms with Crippen molar-refractivity contribution < 1.29 is 0 Å². The van der Waals surface area contributed by atoms with E-state index in [1.165, 1.54) is 0 Å². The molecule has 0 saturated heterocycles. The third-order valence-corrected chi connectivity index (χ3v) is 3.66. The normalized spacial score (nSPS) is 11.4. The van der Waals surface area contributed by atoms with Crippen LogP contribution in [0.1, 0.15) is 17.1 Å². The zero-order chi connectivity index (χ0) is 12.0. The van der Waals surface area contributed by atoms with Gasteiger partial charge in [0.25, 0.3) is 0 Å². The molecule has 0 aliphatic heterocycles. The molecule has 0 saturated carbocycles. The van der Waals surface area contributed by atoms with E-state index in [9.17, 15) is 0 Å². The molecule has 3 aromatic rings. The minimum atomic E-state index is 0.665. The molecule has 5 nitrogen and oxygen atoms in total. The Morgan fingerprint density at radius 3 is 2.88 bits per heavy atom. The molecule has 0 amide bonds. The number of nitrogens with zero attached hydrogens (tertiary/aromatic N) is 4. The van der Waals surface area contributed by atoms with Crippen molar-refractivity contribution in [3.8, 4) is 0 Å². The molecule has 0 aliphatic carbocycles. The van der Waals surface area contributed by atoms with Crippen LogP contribution in [0.15, 0.2) is 17.8 Å². The van der Waals surface area contributed by atoms with Crippen molar-refractivity contribution in [2.75, 3.05) is 5.73 Å². The van der Waals surface area contributed by atoms with Gasteiger partial charge in [-0.1, -0.05) is 0 Å². The van der Waals surface area contributed by atoms with Gasteiger partial charge < -0.3 is 5.73 Å². The highest BCUT2D eigenvalue weighted by Gasteiger charge is 2.10. The molecular weight excluding hydrogens is 234 g/mol. The van der Waals surface area contributed by atoms with Gasteiger partial charge in [-0.25, -0.2) is 4.98 Å². The van der Waals surface area contributed by atoms with Crippen molar-refractivity contribution in [2.45, 2.75) is 20.4 Å². The molecule has 0 aliphatic rings. The maximum Gasteiger partial charge on any atom is 0.193 e. The lowest BCUT2D eigenvalue weighted by Gasteiger charge is -2.00. The molecule has 0 radical (unpaired) electrons. The summed E-state index contributed by atoms with van der Waals surface area (Å²) in [4.78, 5) is 5.54. The van der Waals surface area contributed by atoms with E-state index in [4.69, 9.17) is 5.73 Å². The molecule has 0 spiro atoms. The minimum Gasteiger partial charge on any atom is -0.396 e. The Bertz CT molecular complexity index is 647. The van der Waals surface area contributed by atoms with Crippen LogP contribution in [-0.2, 0) is 6.54 Å². The number of aromatic nitrogens is 4. The summed E-state index contributed by atoms with van der Waals surface area (Å²) in [5, 5.41) is 6.43. The maximum atomic E-state index is 5.90. The fourth-order valence-corrected chi connectivity index (χ4v) is 2.59. The maximum absolute atomic E-state index is 5.90. The van der Waals surface area contributed by atoms with Gasteiger partial charge in [0, 0.05) is 17.8 Å². The fraction of sp³-hybridized carbons (Fsp3) is 0.273. The van der Waals surface area contributed by atoms with Crippen LogP contribution in [-0.4, -0.2) is 19.2 Å². The van der Waals surface area contributed by atoms with E-state index in [0.717, 1.165) is 27.7 Å². The summed E-state index contributed by atoms with van der Waals surface area (Å²) < 4.78 is 3.92. The second-order valence-corrected chi connectivity index (χ2v) is 4.94. The smallest absolute Gasteiger partial charge is 0.193 e. The van der Waals surface area contributed by atoms with Gasteiger partial charge in [-0.2, -0.15) is 5.10 Å². The van der Waals surface area contributed by atoms with Gasteiger partial charge in [0.1, 0.15) is 0 Å². The highest BCUT2D eigenvalue weighted by atomic mass is 32.1. The standard InChI is InChI=1S/C11H13N5S/c1-7-10(12)8(2)16(14-7)6-9-5-15-3-4-17-11(15)13-9/h3-5H,6,12H2,1-2H3. The van der Waals surface area contributed by atoms with Gasteiger partial charge in [-0.3, -0.25) is 9.08 Å². The molecule has 3 aromatic heterocycles. The first-order valence-corrected chi connectivity index (χ1v) is 6.23. The van der Waals surface area contributed by atoms with Crippen LogP contribution in [0.5, 0.6) is 0 Å². The number of nitrogens with two attached hydrogens (primary N) is 1. The largest absolute Gasteiger partial charge is 0.396 e. The summed E-state index contributed by atoms with van der Waals surface area (Å²) in [5.41, 5.74) is 9.55. The van der Waals surface area contributed by atoms with Crippen LogP contribution in [0.4, 0.5) is 5.69 Å². The summed E-state index contributed by atoms with van der Waals surface area (Å²) in [5.74, 6) is 0. The first-order valence-electron chi connectivity index (χ1n) is 5.35. The lowest BCUT2D eigenvalue weighted by Crippen LogP contribution is -2.04. The quantitative estimate of drug-likeness (QED) is 0.751. The second kappa shape index (κ2) is 3.59. The molecule has 0 atom stereocenters. The van der Waals surface area contributed by atoms with Crippen LogP contribution >= 0.6 is 11.3 Å². The first kappa shape index (κ1) is 10.3. The molecule has 6 heteroatoms. The Balaban J connectivity index is 1.96. The SMILES string of the molecule is Cc1nn(Cc2cn3ccsc3n2)c(C)c1N. The molecule has 88 valence electrons. The van der Waals surface area contributed by atoms with Crippen molar-refractivity contribution in [3.63, 3.8) is 0 Å². The van der Waals surface area contributed by atoms with Crippen LogP contribution in [0.25, 0.3) is 4.96 Å². The number of rotatable bonds is 2. The predicted molar refractivity (Wildman–Crippen MR) is 68.3 cm³/mol. The third-order valence-electron chi connectivity index (χ3n) is 2.89. The molecule has 3 rings (SSSR count). The summed E-state index contributed by atoms with van der Waals surface area (Å²) >= 11 is 1.63. The Labute approximate surface area is 103 Å². The van der Waals surface area contributed by atoms with E-state index in [2.05, 4.69) is 10.1 Å². The number of thiazole rings is 1. The van der Waals surface area contributed by atoms with E-state index in [1.807, 2.05) is 40.7 Å². The number of nitrogen functional groups attached to an aromatic ring is 1. The monoisotopic (exact) mass is 247 g/mol. The lowest BCUT2D eigenvalue weighted by molar-refractivity contribution is 0.650. The van der Waals surface area contributed by atoms with Crippen molar-refractivity contribution in [1.82, 2.24) is 19.2 Å². The van der Waals surface area contributed by atoms with E-state index in [1.54, 1.807) is 11.3 Å². The summed E-state index contributed by atoms with van der Waals surface area (Å²) in [6, 6.07) is 0. The van der Waals surface area contributed by atoms with Crippen molar-refractivity contribution in [3.05, 3.63) is 34.9 Å². The molecule has 0 fully saturated rings. The number of anilines is 1. The van der Waals surface area contributed by atoms with Crippen molar-refractivity contribution in [2.24, 2.45) is 0 Å². The Morgan fingerprint density at radius 2 is 2.24 bits per heavy atom. The van der Waals surface area contributed by atoms with Gasteiger partial charge >= 0.3 is 0 Å². The van der Waals surface area contributed by atoms with Gasteiger partial charge in [0.15, 0.2) is 4.96 Å². The topological polar surface area (TPSA) is 61.1 Å². The van der Waals surface area contributed by atoms with Crippen LogP contribution in [0.2, 0.25) is 0 Å². The fourth-order valence-electron chi connectivity index (χ4n) is 1.87. The molecular formula is C11H13N5S. The molecule has 0 bridgehead atoms. The highest BCUT2D eigenvalue weighted by Crippen LogP contribution is 2.17. The number of hydrogen-bond acceptors (Lipinski definition) is 4. The van der Waals surface area contributed by atoms with Gasteiger partial charge in [0.2, 0.25) is 0 Å². The highest BCUT2D eigenvalue weighted by molar-refractivity contribution is 7.15. The molecule has 0 unspecified atom stereocenters. The Morgan fingerprint density at radius 1 is 1.41 bits per heavy atom. The Kier molecular flexibility index (Phi) is 2.19. The summed E-state index contributed by atoms with van der Waals surface area (Å²) in [6.07, 6.45) is 4.03. The molecule has 3 heterocycles. The van der Waals surface area contributed by atoms with Crippen molar-refractivity contribution in [1.29, 1.82) is 0 Å². The predicted octanol–water partition coefficient (Wildman–Crippen LogP) is 1.84. The molecule has 0 aromatic carbocycles. The summed E-state index contributed by atoms with van der Waals surface area (Å²) in [6.45, 7) is 4.57. The van der Waals surface area contributed by atoms with E-state index in [-0.39, 0.29) is 0 Å². The average molecular weight is 247 g/mol. The van der Waals surface area contributed by atoms with Crippen LogP contribution < -0.4 is 5.73 Å². The average Bonchev–Trinajstić information content (AvgIpc) is 2.91. The first-order chi connectivity index (χ1) is 8.15. The van der Waals surface area contributed by atoms with Crippen LogP contribution in [0.3, 0.4) is 0 Å². The second-order valence-electron chi connectivity index (χ2n) is 4.07. The zero-order valence-electron chi connectivity index (χ0n) is 9.71. The summed E-state index contributed by atoms with van der Waals surface area (Å²) in [7, 11) is 0. The molecule has 2 N–H and O–H groups in total. The van der Waals surface area contributed by atoms with Gasteiger partial charge in [-0.05, 0) is 13.8 Å². The number of fused-ring (bicyclic) bond motifs is 1. The van der Waals surface area contributed by atoms with Gasteiger partial charge in [0.05, 0.1) is 29.3 Å². The zero-order valence-corrected chi connectivity index (χ0v) is 10.5. The number of imidazole rings is 1. The lowest BCUT2D eigenvalue weighted by atomic mass is 10.3. The third kappa shape index (κ3) is 1.61. The van der Waals surface area contributed by atoms with Crippen LogP contribution in [0, 0.1) is 13.8 Å². The Hall–Kier alpha value is -1.82. The van der Waals surface area contributed by atoms with E-state index >= 15 is 0 Å².